The van der Waals surface area contributed by atoms with Gasteiger partial charge in [0.25, 0.3) is 5.91 Å². The highest BCUT2D eigenvalue weighted by Crippen LogP contribution is 2.22. The van der Waals surface area contributed by atoms with E-state index in [1.54, 1.807) is 0 Å². The minimum atomic E-state index is -3.25. The highest BCUT2D eigenvalue weighted by atomic mass is 32.2. The topological polar surface area (TPSA) is 92.8 Å². The molecule has 8 heteroatoms. The van der Waals surface area contributed by atoms with Crippen LogP contribution >= 0.6 is 0 Å². The van der Waals surface area contributed by atoms with E-state index in [0.29, 0.717) is 12.8 Å². The van der Waals surface area contributed by atoms with Crippen molar-refractivity contribution in [3.8, 4) is 0 Å². The molecule has 0 aliphatic carbocycles. The standard InChI is InChI=1S/C22H26N2O5S/c1-30(27,28)24-14-12-19(13-15-24)22(26)29-16-20(25)23-21(17-8-4-2-5-9-17)18-10-6-3-7-11-18/h2-11,19,21H,12-16H2,1H3,(H,23,25). The molecule has 0 radical (unpaired) electrons. The van der Waals surface area contributed by atoms with Gasteiger partial charge in [-0.05, 0) is 24.0 Å². The van der Waals surface area contributed by atoms with E-state index in [1.165, 1.54) is 4.31 Å². The lowest BCUT2D eigenvalue weighted by Crippen LogP contribution is -2.40. The van der Waals surface area contributed by atoms with Crippen molar-refractivity contribution in [3.63, 3.8) is 0 Å². The second-order valence-electron chi connectivity index (χ2n) is 7.37. The lowest BCUT2D eigenvalue weighted by atomic mass is 9.98. The Bertz CT molecular complexity index is 916. The number of nitrogens with zero attached hydrogens (tertiary/aromatic N) is 1. The molecular formula is C22H26N2O5S. The van der Waals surface area contributed by atoms with Gasteiger partial charge in [0.1, 0.15) is 0 Å². The Balaban J connectivity index is 1.55. The summed E-state index contributed by atoms with van der Waals surface area (Å²) in [6, 6.07) is 18.8. The number of amides is 1. The molecule has 2 aromatic carbocycles. The maximum atomic E-state index is 12.5. The van der Waals surface area contributed by atoms with E-state index < -0.39 is 27.8 Å². The molecule has 30 heavy (non-hydrogen) atoms. The number of carbonyl (C=O) groups excluding carboxylic acids is 2. The fourth-order valence-electron chi connectivity index (χ4n) is 3.53. The summed E-state index contributed by atoms with van der Waals surface area (Å²) in [5.41, 5.74) is 1.85. The van der Waals surface area contributed by atoms with Gasteiger partial charge in [0, 0.05) is 13.1 Å². The Morgan fingerprint density at radius 1 is 1.00 bits per heavy atom. The average molecular weight is 431 g/mol. The second kappa shape index (κ2) is 9.86. The van der Waals surface area contributed by atoms with Crippen LogP contribution in [0.15, 0.2) is 60.7 Å². The average Bonchev–Trinajstić information content (AvgIpc) is 2.76. The highest BCUT2D eigenvalue weighted by molar-refractivity contribution is 7.88. The third kappa shape index (κ3) is 5.90. The number of hydrogen-bond donors (Lipinski definition) is 1. The van der Waals surface area contributed by atoms with Gasteiger partial charge in [-0.2, -0.15) is 0 Å². The van der Waals surface area contributed by atoms with Crippen LogP contribution in [0.2, 0.25) is 0 Å². The molecule has 0 unspecified atom stereocenters. The second-order valence-corrected chi connectivity index (χ2v) is 9.35. The van der Waals surface area contributed by atoms with Gasteiger partial charge in [0.15, 0.2) is 6.61 Å². The molecule has 0 atom stereocenters. The van der Waals surface area contributed by atoms with Gasteiger partial charge in [-0.3, -0.25) is 9.59 Å². The van der Waals surface area contributed by atoms with E-state index >= 15 is 0 Å². The van der Waals surface area contributed by atoms with E-state index in [4.69, 9.17) is 4.74 Å². The van der Waals surface area contributed by atoms with E-state index in [0.717, 1.165) is 17.4 Å². The first-order valence-corrected chi connectivity index (χ1v) is 11.7. The maximum Gasteiger partial charge on any atom is 0.309 e. The zero-order valence-corrected chi connectivity index (χ0v) is 17.7. The van der Waals surface area contributed by atoms with Gasteiger partial charge in [0.2, 0.25) is 10.0 Å². The van der Waals surface area contributed by atoms with E-state index in [2.05, 4.69) is 5.32 Å². The predicted octanol–water partition coefficient (Wildman–Crippen LogP) is 2.11. The molecule has 0 saturated carbocycles. The predicted molar refractivity (Wildman–Crippen MR) is 113 cm³/mol. The van der Waals surface area contributed by atoms with E-state index in [1.807, 2.05) is 60.7 Å². The number of ether oxygens (including phenoxy) is 1. The number of rotatable bonds is 7. The number of hydrogen-bond acceptors (Lipinski definition) is 5. The smallest absolute Gasteiger partial charge is 0.309 e. The number of carbonyl (C=O) groups is 2. The molecule has 0 spiro atoms. The van der Waals surface area contributed by atoms with Gasteiger partial charge >= 0.3 is 5.97 Å². The molecule has 1 heterocycles. The Kier molecular flexibility index (Phi) is 7.23. The van der Waals surface area contributed by atoms with Crippen molar-refractivity contribution in [2.24, 2.45) is 5.92 Å². The minimum absolute atomic E-state index is 0.287. The van der Waals surface area contributed by atoms with Crippen LogP contribution in [0.4, 0.5) is 0 Å². The van der Waals surface area contributed by atoms with Gasteiger partial charge in [0.05, 0.1) is 18.2 Å². The summed E-state index contributed by atoms with van der Waals surface area (Å²) in [5.74, 6) is -1.25. The maximum absolute atomic E-state index is 12.5. The Hall–Kier alpha value is -2.71. The monoisotopic (exact) mass is 430 g/mol. The van der Waals surface area contributed by atoms with Gasteiger partial charge in [-0.15, -0.1) is 0 Å². The molecule has 0 aromatic heterocycles. The summed E-state index contributed by atoms with van der Waals surface area (Å²) in [6.45, 7) is 0.199. The number of piperidine rings is 1. The molecular weight excluding hydrogens is 404 g/mol. The van der Waals surface area contributed by atoms with Crippen molar-refractivity contribution in [2.75, 3.05) is 26.0 Å². The third-order valence-electron chi connectivity index (χ3n) is 5.17. The largest absolute Gasteiger partial charge is 0.455 e. The summed E-state index contributed by atoms with van der Waals surface area (Å²) in [6.07, 6.45) is 1.94. The summed E-state index contributed by atoms with van der Waals surface area (Å²) in [7, 11) is -3.25. The molecule has 1 saturated heterocycles. The fraction of sp³-hybridized carbons (Fsp3) is 0.364. The number of nitrogens with one attached hydrogen (secondary N) is 1. The normalized spacial score (nSPS) is 15.7. The molecule has 7 nitrogen and oxygen atoms in total. The van der Waals surface area contributed by atoms with Crippen LogP contribution in [0.5, 0.6) is 0 Å². The zero-order chi connectivity index (χ0) is 21.6. The number of esters is 1. The Labute approximate surface area is 177 Å². The lowest BCUT2D eigenvalue weighted by Gasteiger charge is -2.28. The fourth-order valence-corrected chi connectivity index (χ4v) is 4.40. The molecule has 1 aliphatic rings. The summed E-state index contributed by atoms with van der Waals surface area (Å²) in [5, 5.41) is 2.93. The third-order valence-corrected chi connectivity index (χ3v) is 6.48. The van der Waals surface area contributed by atoms with Crippen LogP contribution in [0.25, 0.3) is 0 Å². The van der Waals surface area contributed by atoms with Crippen LogP contribution in [0.1, 0.15) is 30.0 Å². The molecule has 160 valence electrons. The van der Waals surface area contributed by atoms with Gasteiger partial charge in [-0.1, -0.05) is 60.7 Å². The van der Waals surface area contributed by atoms with Crippen molar-refractivity contribution in [1.82, 2.24) is 9.62 Å². The van der Waals surface area contributed by atoms with Crippen molar-refractivity contribution in [3.05, 3.63) is 71.8 Å². The lowest BCUT2D eigenvalue weighted by molar-refractivity contribution is -0.153. The molecule has 3 rings (SSSR count). The summed E-state index contributed by atoms with van der Waals surface area (Å²) < 4.78 is 29.7. The van der Waals surface area contributed by atoms with E-state index in [9.17, 15) is 18.0 Å². The van der Waals surface area contributed by atoms with Crippen LogP contribution in [-0.4, -0.2) is 50.6 Å². The number of sulfonamides is 1. The first-order valence-electron chi connectivity index (χ1n) is 9.85. The zero-order valence-electron chi connectivity index (χ0n) is 16.9. The number of benzene rings is 2. The van der Waals surface area contributed by atoms with Gasteiger partial charge in [-0.25, -0.2) is 12.7 Å². The Morgan fingerprint density at radius 3 is 1.97 bits per heavy atom. The molecule has 1 N–H and O–H groups in total. The van der Waals surface area contributed by atoms with Crippen molar-refractivity contribution >= 4 is 21.9 Å². The van der Waals surface area contributed by atoms with Crippen LogP contribution in [-0.2, 0) is 24.3 Å². The molecule has 1 aliphatic heterocycles. The SMILES string of the molecule is CS(=O)(=O)N1CCC(C(=O)OCC(=O)NC(c2ccccc2)c2ccccc2)CC1. The van der Waals surface area contributed by atoms with Crippen LogP contribution in [0, 0.1) is 5.92 Å². The molecule has 2 aromatic rings. The van der Waals surface area contributed by atoms with Crippen LogP contribution in [0.3, 0.4) is 0 Å². The highest BCUT2D eigenvalue weighted by Gasteiger charge is 2.30. The van der Waals surface area contributed by atoms with Gasteiger partial charge < -0.3 is 10.1 Å². The van der Waals surface area contributed by atoms with Crippen molar-refractivity contribution in [1.29, 1.82) is 0 Å². The molecule has 1 amide bonds. The summed E-state index contributed by atoms with van der Waals surface area (Å²) in [4.78, 5) is 24.8. The van der Waals surface area contributed by atoms with Crippen LogP contribution < -0.4 is 5.32 Å². The molecule has 1 fully saturated rings. The van der Waals surface area contributed by atoms with E-state index in [-0.39, 0.29) is 25.7 Å². The quantitative estimate of drug-likeness (QED) is 0.679. The van der Waals surface area contributed by atoms with Crippen molar-refractivity contribution in [2.45, 2.75) is 18.9 Å². The molecule has 0 bridgehead atoms. The first-order chi connectivity index (χ1) is 14.3. The summed E-state index contributed by atoms with van der Waals surface area (Å²) >= 11 is 0. The first kappa shape index (κ1) is 22.0. The Morgan fingerprint density at radius 2 is 1.50 bits per heavy atom. The minimum Gasteiger partial charge on any atom is -0.455 e. The van der Waals surface area contributed by atoms with Crippen molar-refractivity contribution < 1.29 is 22.7 Å².